The smallest absolute Gasteiger partial charge is 0.235 e. The summed E-state index contributed by atoms with van der Waals surface area (Å²) in [5.41, 5.74) is 0. The molecule has 0 spiro atoms. The minimum atomic E-state index is -0.252. The maximum atomic E-state index is 13.6. The van der Waals surface area contributed by atoms with Crippen molar-refractivity contribution in [2.24, 2.45) is 11.8 Å². The first-order valence-electron chi connectivity index (χ1n) is 7.17. The van der Waals surface area contributed by atoms with Gasteiger partial charge in [0.05, 0.1) is 5.25 Å². The summed E-state index contributed by atoms with van der Waals surface area (Å²) in [6.45, 7) is 7.88. The van der Waals surface area contributed by atoms with Gasteiger partial charge in [0.1, 0.15) is 5.82 Å². The zero-order valence-corrected chi connectivity index (χ0v) is 13.1. The van der Waals surface area contributed by atoms with E-state index in [1.54, 1.807) is 18.2 Å². The molecule has 1 aliphatic rings. The summed E-state index contributed by atoms with van der Waals surface area (Å²) in [7, 11) is 0. The van der Waals surface area contributed by atoms with E-state index in [-0.39, 0.29) is 17.0 Å². The topological polar surface area (TPSA) is 20.3 Å². The highest BCUT2D eigenvalue weighted by Crippen LogP contribution is 2.29. The third-order valence-electron chi connectivity index (χ3n) is 3.67. The van der Waals surface area contributed by atoms with E-state index >= 15 is 0 Å². The summed E-state index contributed by atoms with van der Waals surface area (Å²) in [5, 5.41) is -0.246. The van der Waals surface area contributed by atoms with E-state index in [1.165, 1.54) is 24.2 Å². The maximum Gasteiger partial charge on any atom is 0.235 e. The van der Waals surface area contributed by atoms with E-state index < -0.39 is 0 Å². The lowest BCUT2D eigenvalue weighted by molar-refractivity contribution is -0.132. The molecule has 0 aromatic heterocycles. The minimum absolute atomic E-state index is 0.122. The van der Waals surface area contributed by atoms with E-state index in [0.717, 1.165) is 13.1 Å². The molecule has 1 heterocycles. The van der Waals surface area contributed by atoms with Gasteiger partial charge in [0.2, 0.25) is 5.91 Å². The number of likely N-dealkylation sites (tertiary alicyclic amines) is 1. The van der Waals surface area contributed by atoms with Crippen LogP contribution in [-0.4, -0.2) is 29.1 Å². The molecule has 3 atom stereocenters. The molecule has 1 aromatic carbocycles. The second-order valence-corrected chi connectivity index (χ2v) is 7.26. The SMILES string of the molecule is CC1CC(C)CN(C(=O)C(C)Sc2ccccc2F)C1. The van der Waals surface area contributed by atoms with Crippen molar-refractivity contribution in [3.05, 3.63) is 30.1 Å². The first-order chi connectivity index (χ1) is 9.47. The molecule has 4 heteroatoms. The Morgan fingerprint density at radius 2 is 1.90 bits per heavy atom. The quantitative estimate of drug-likeness (QED) is 0.790. The van der Waals surface area contributed by atoms with Crippen molar-refractivity contribution in [3.8, 4) is 0 Å². The molecule has 1 amide bonds. The normalized spacial score (nSPS) is 24.5. The number of benzene rings is 1. The van der Waals surface area contributed by atoms with Gasteiger partial charge in [0, 0.05) is 18.0 Å². The summed E-state index contributed by atoms with van der Waals surface area (Å²) < 4.78 is 13.6. The standard InChI is InChI=1S/C16H22FNOS/c1-11-8-12(2)10-18(9-11)16(19)13(3)20-15-7-5-4-6-14(15)17/h4-7,11-13H,8-10H2,1-3H3. The Labute approximate surface area is 124 Å². The van der Waals surface area contributed by atoms with Crippen LogP contribution >= 0.6 is 11.8 Å². The second-order valence-electron chi connectivity index (χ2n) is 5.88. The van der Waals surface area contributed by atoms with Crippen molar-refractivity contribution < 1.29 is 9.18 Å². The number of piperidine rings is 1. The number of amides is 1. The van der Waals surface area contributed by atoms with Crippen LogP contribution < -0.4 is 0 Å². The molecule has 2 rings (SSSR count). The van der Waals surface area contributed by atoms with Crippen LogP contribution in [0.15, 0.2) is 29.2 Å². The molecule has 1 fully saturated rings. The fourth-order valence-corrected chi connectivity index (χ4v) is 3.85. The monoisotopic (exact) mass is 295 g/mol. The van der Waals surface area contributed by atoms with Crippen molar-refractivity contribution in [2.45, 2.75) is 37.3 Å². The molecule has 2 nitrogen and oxygen atoms in total. The van der Waals surface area contributed by atoms with Crippen molar-refractivity contribution in [3.63, 3.8) is 0 Å². The Balaban J connectivity index is 2.00. The van der Waals surface area contributed by atoms with Crippen LogP contribution in [0.1, 0.15) is 27.2 Å². The lowest BCUT2D eigenvalue weighted by Crippen LogP contribution is -2.45. The van der Waals surface area contributed by atoms with Crippen LogP contribution in [0.4, 0.5) is 4.39 Å². The fraction of sp³-hybridized carbons (Fsp3) is 0.562. The summed E-state index contributed by atoms with van der Waals surface area (Å²) in [6.07, 6.45) is 1.18. The van der Waals surface area contributed by atoms with Gasteiger partial charge < -0.3 is 4.90 Å². The minimum Gasteiger partial charge on any atom is -0.341 e. The third-order valence-corrected chi connectivity index (χ3v) is 4.81. The maximum absolute atomic E-state index is 13.6. The molecule has 1 aromatic rings. The van der Waals surface area contributed by atoms with Gasteiger partial charge in [-0.05, 0) is 37.3 Å². The number of rotatable bonds is 3. The van der Waals surface area contributed by atoms with Gasteiger partial charge in [-0.2, -0.15) is 0 Å². The Morgan fingerprint density at radius 3 is 2.50 bits per heavy atom. The number of carbonyl (C=O) groups is 1. The lowest BCUT2D eigenvalue weighted by atomic mass is 9.92. The van der Waals surface area contributed by atoms with E-state index in [1.807, 2.05) is 11.8 Å². The number of halogens is 1. The first kappa shape index (κ1) is 15.4. The zero-order chi connectivity index (χ0) is 14.7. The third kappa shape index (κ3) is 3.75. The molecule has 0 radical (unpaired) electrons. The molecule has 0 N–H and O–H groups in total. The summed E-state index contributed by atoms with van der Waals surface area (Å²) in [5.74, 6) is 0.968. The van der Waals surface area contributed by atoms with Gasteiger partial charge in [-0.25, -0.2) is 4.39 Å². The Hall–Kier alpha value is -1.03. The molecule has 1 aliphatic heterocycles. The van der Waals surface area contributed by atoms with Gasteiger partial charge in [-0.3, -0.25) is 4.79 Å². The molecule has 1 saturated heterocycles. The van der Waals surface area contributed by atoms with Crippen molar-refractivity contribution in [1.82, 2.24) is 4.90 Å². The summed E-state index contributed by atoms with van der Waals surface area (Å²) in [6, 6.07) is 6.63. The van der Waals surface area contributed by atoms with Gasteiger partial charge in [0.15, 0.2) is 0 Å². The van der Waals surface area contributed by atoms with Crippen LogP contribution in [-0.2, 0) is 4.79 Å². The predicted molar refractivity (Wildman–Crippen MR) is 81.2 cm³/mol. The van der Waals surface area contributed by atoms with Crippen LogP contribution in [0.5, 0.6) is 0 Å². The Bertz CT molecular complexity index is 469. The van der Waals surface area contributed by atoms with Gasteiger partial charge in [-0.15, -0.1) is 11.8 Å². The second kappa shape index (κ2) is 6.61. The number of nitrogens with zero attached hydrogens (tertiary/aromatic N) is 1. The number of hydrogen-bond acceptors (Lipinski definition) is 2. The highest BCUT2D eigenvalue weighted by molar-refractivity contribution is 8.00. The van der Waals surface area contributed by atoms with Crippen molar-refractivity contribution in [2.75, 3.05) is 13.1 Å². The Kier molecular flexibility index (Phi) is 5.08. The number of carbonyl (C=O) groups excluding carboxylic acids is 1. The molecule has 0 bridgehead atoms. The fourth-order valence-electron chi connectivity index (χ4n) is 2.88. The van der Waals surface area contributed by atoms with E-state index in [0.29, 0.717) is 16.7 Å². The molecular weight excluding hydrogens is 273 g/mol. The predicted octanol–water partition coefficient (Wildman–Crippen LogP) is 3.81. The van der Waals surface area contributed by atoms with E-state index in [4.69, 9.17) is 0 Å². The first-order valence-corrected chi connectivity index (χ1v) is 8.05. The van der Waals surface area contributed by atoms with Crippen molar-refractivity contribution in [1.29, 1.82) is 0 Å². The highest BCUT2D eigenvalue weighted by Gasteiger charge is 2.28. The van der Waals surface area contributed by atoms with Crippen LogP contribution in [0.25, 0.3) is 0 Å². The summed E-state index contributed by atoms with van der Waals surface area (Å²) in [4.78, 5) is 15.0. The molecule has 3 unspecified atom stereocenters. The summed E-state index contributed by atoms with van der Waals surface area (Å²) >= 11 is 1.31. The highest BCUT2D eigenvalue weighted by atomic mass is 32.2. The van der Waals surface area contributed by atoms with Crippen LogP contribution in [0.3, 0.4) is 0 Å². The van der Waals surface area contributed by atoms with E-state index in [2.05, 4.69) is 13.8 Å². The Morgan fingerprint density at radius 1 is 1.30 bits per heavy atom. The molecule has 0 saturated carbocycles. The molecule has 110 valence electrons. The molecular formula is C16H22FNOS. The molecule has 20 heavy (non-hydrogen) atoms. The van der Waals surface area contributed by atoms with E-state index in [9.17, 15) is 9.18 Å². The average Bonchev–Trinajstić information content (AvgIpc) is 2.39. The zero-order valence-electron chi connectivity index (χ0n) is 12.3. The van der Waals surface area contributed by atoms with Gasteiger partial charge >= 0.3 is 0 Å². The van der Waals surface area contributed by atoms with Crippen LogP contribution in [0, 0.1) is 17.7 Å². The van der Waals surface area contributed by atoms with Crippen LogP contribution in [0.2, 0.25) is 0 Å². The largest absolute Gasteiger partial charge is 0.341 e. The molecule has 0 aliphatic carbocycles. The number of thioether (sulfide) groups is 1. The van der Waals surface area contributed by atoms with Gasteiger partial charge in [0.25, 0.3) is 0 Å². The number of hydrogen-bond donors (Lipinski definition) is 0. The average molecular weight is 295 g/mol. The lowest BCUT2D eigenvalue weighted by Gasteiger charge is -2.36. The van der Waals surface area contributed by atoms with Crippen molar-refractivity contribution >= 4 is 17.7 Å². The van der Waals surface area contributed by atoms with Gasteiger partial charge in [-0.1, -0.05) is 26.0 Å².